The van der Waals surface area contributed by atoms with Gasteiger partial charge < -0.3 is 34.3 Å². The predicted octanol–water partition coefficient (Wildman–Crippen LogP) is 9.61. The molecule has 11 nitrogen and oxygen atoms in total. The number of rotatable bonds is 8. The molecule has 1 unspecified atom stereocenters. The van der Waals surface area contributed by atoms with Gasteiger partial charge in [0, 0.05) is 56.4 Å². The lowest BCUT2D eigenvalue weighted by molar-refractivity contribution is -0.339. The van der Waals surface area contributed by atoms with Crippen LogP contribution in [0.3, 0.4) is 0 Å². The van der Waals surface area contributed by atoms with E-state index in [1.807, 2.05) is 0 Å². The molecule has 380 valence electrons. The Bertz CT molecular complexity index is 1450. The molecule has 12 atom stereocenters. The molecule has 2 saturated heterocycles. The molecular weight excluding hydrogens is 805 g/mol. The van der Waals surface area contributed by atoms with E-state index in [0.717, 1.165) is 12.8 Å². The van der Waals surface area contributed by atoms with Gasteiger partial charge in [0.25, 0.3) is 0 Å². The van der Waals surface area contributed by atoms with Gasteiger partial charge in [-0.15, -0.1) is 0 Å². The van der Waals surface area contributed by atoms with Gasteiger partial charge in [-0.25, -0.2) is 0 Å². The Labute approximate surface area is 395 Å². The maximum absolute atomic E-state index is 13.6. The first-order valence-electron chi connectivity index (χ1n) is 24.9. The van der Waals surface area contributed by atoms with Crippen LogP contribution in [0.5, 0.6) is 0 Å². The van der Waals surface area contributed by atoms with Crippen molar-refractivity contribution >= 4 is 0 Å². The van der Waals surface area contributed by atoms with Crippen LogP contribution in [0, 0.1) is 5.41 Å². The summed E-state index contributed by atoms with van der Waals surface area (Å²) < 4.78 is 28.6. The van der Waals surface area contributed by atoms with E-state index < -0.39 is 59.7 Å². The summed E-state index contributed by atoms with van der Waals surface area (Å²) in [5, 5.41) is 38.3. The molecule has 1 saturated carbocycles. The first-order chi connectivity index (χ1) is 28.1. The zero-order valence-corrected chi connectivity index (χ0v) is 46.9. The molecule has 0 bridgehead atoms. The van der Waals surface area contributed by atoms with Crippen molar-refractivity contribution in [2.45, 2.75) is 330 Å². The Kier molecular flexibility index (Phi) is 16.9. The van der Waals surface area contributed by atoms with E-state index >= 15 is 0 Å². The van der Waals surface area contributed by atoms with Gasteiger partial charge in [-0.3, -0.25) is 19.6 Å². The molecule has 3 N–H and O–H groups in total. The van der Waals surface area contributed by atoms with Crippen molar-refractivity contribution in [1.29, 1.82) is 0 Å². The topological polar surface area (TPSA) is 111 Å². The van der Waals surface area contributed by atoms with E-state index in [9.17, 15) is 15.3 Å². The zero-order valence-electron chi connectivity index (χ0n) is 46.9. The number of nitrogens with zero attached hydrogens (tertiary/aromatic N) is 4. The second-order valence-electron chi connectivity index (χ2n) is 29.4. The summed E-state index contributed by atoms with van der Waals surface area (Å²) in [6, 6.07) is -1.48. The van der Waals surface area contributed by atoms with Gasteiger partial charge in [0.05, 0.1) is 24.8 Å². The summed E-state index contributed by atoms with van der Waals surface area (Å²) in [4.78, 5) is 9.81. The molecule has 0 spiro atoms. The van der Waals surface area contributed by atoms with Crippen molar-refractivity contribution in [1.82, 2.24) is 19.6 Å². The molecule has 0 aromatic heterocycles. The van der Waals surface area contributed by atoms with E-state index in [0.29, 0.717) is 6.42 Å². The molecule has 1 aliphatic carbocycles. The first-order valence-corrected chi connectivity index (χ1v) is 24.9. The molecule has 0 amide bonds. The summed E-state index contributed by atoms with van der Waals surface area (Å²) in [5.41, 5.74) is -4.19. The van der Waals surface area contributed by atoms with Crippen LogP contribution in [-0.4, -0.2) is 159 Å². The molecule has 2 aliphatic heterocycles. The SMILES string of the molecule is CC(C)(C)C1CC[C@@H](N(C(C)(C)C)C(C)(C)C)[C@@H](O[C@H]2[C@H](O)[C@@H](O[C@H]3OC[C@](C)(O)[C@H](N(C(C)(C)C)C(C)(C)C)[C@H]3O)[C@H](N(C(C)(C)C)C(C)(C)C)C[C@@H]2N(C(C)(C)C)C(C)(C)C)O1. The Hall–Kier alpha value is -0.440. The Balaban J connectivity index is 2.42. The van der Waals surface area contributed by atoms with Crippen LogP contribution < -0.4 is 0 Å². The Morgan fingerprint density at radius 2 is 0.781 bits per heavy atom. The second kappa shape index (κ2) is 18.7. The van der Waals surface area contributed by atoms with Crippen molar-refractivity contribution in [3.63, 3.8) is 0 Å². The largest absolute Gasteiger partial charge is 0.388 e. The highest BCUT2D eigenvalue weighted by Gasteiger charge is 2.60. The van der Waals surface area contributed by atoms with Crippen LogP contribution in [0.2, 0.25) is 0 Å². The van der Waals surface area contributed by atoms with E-state index in [1.165, 1.54) is 0 Å². The Morgan fingerprint density at radius 1 is 0.453 bits per heavy atom. The molecule has 3 fully saturated rings. The minimum atomic E-state index is -1.40. The standard InChI is InChI=1S/C53H106N4O7/c1-44(2,3)36-30-29-33(54(45(4,5)6)46(7,8)9)42(62-36)63-39-34(55(47(10,11)12)48(13,14)15)31-35(56(49(16,17)18)50(19,20)21)40(37(39)58)64-43-38(59)41(53(28,60)32-61-43)57(51(22,23)24)52(25,26)27/h33-43,58-60H,29-32H2,1-28H3/t33-,34+,35-,36?,37+,38-,39-,40+,41-,42-,43-,53+/m1/s1. The summed E-state index contributed by atoms with van der Waals surface area (Å²) in [5.74, 6) is 0. The average Bonchev–Trinajstić information content (AvgIpc) is 2.98. The molecule has 3 rings (SSSR count). The summed E-state index contributed by atoms with van der Waals surface area (Å²) in [7, 11) is 0. The fourth-order valence-corrected chi connectivity index (χ4v) is 13.5. The van der Waals surface area contributed by atoms with Crippen molar-refractivity contribution in [3.8, 4) is 0 Å². The van der Waals surface area contributed by atoms with Gasteiger partial charge in [-0.05, 0) is 198 Å². The number of aliphatic hydroxyl groups excluding tert-OH is 2. The van der Waals surface area contributed by atoms with Gasteiger partial charge >= 0.3 is 0 Å². The summed E-state index contributed by atoms with van der Waals surface area (Å²) in [6.07, 6.45) is -3.58. The third-order valence-electron chi connectivity index (χ3n) is 13.6. The molecule has 64 heavy (non-hydrogen) atoms. The number of hydrogen-bond acceptors (Lipinski definition) is 11. The highest BCUT2D eigenvalue weighted by molar-refractivity contribution is 5.12. The minimum Gasteiger partial charge on any atom is -0.388 e. The maximum atomic E-state index is 13.6. The van der Waals surface area contributed by atoms with Gasteiger partial charge in [0.1, 0.15) is 30.0 Å². The molecule has 3 aliphatic rings. The van der Waals surface area contributed by atoms with Crippen LogP contribution >= 0.6 is 0 Å². The van der Waals surface area contributed by atoms with Crippen LogP contribution in [0.4, 0.5) is 0 Å². The van der Waals surface area contributed by atoms with Gasteiger partial charge in [-0.1, -0.05) is 20.8 Å². The first kappa shape index (κ1) is 57.9. The van der Waals surface area contributed by atoms with Crippen LogP contribution in [-0.2, 0) is 18.9 Å². The fraction of sp³-hybridized carbons (Fsp3) is 1.00. The van der Waals surface area contributed by atoms with E-state index in [1.54, 1.807) is 6.92 Å². The van der Waals surface area contributed by atoms with E-state index in [4.69, 9.17) is 18.9 Å². The summed E-state index contributed by atoms with van der Waals surface area (Å²) >= 11 is 0. The highest BCUT2D eigenvalue weighted by atomic mass is 16.7. The quantitative estimate of drug-likeness (QED) is 0.217. The summed E-state index contributed by atoms with van der Waals surface area (Å²) in [6.45, 7) is 61.6. The monoisotopic (exact) mass is 911 g/mol. The number of aliphatic hydroxyl groups is 3. The van der Waals surface area contributed by atoms with Crippen molar-refractivity contribution in [2.75, 3.05) is 6.61 Å². The van der Waals surface area contributed by atoms with Gasteiger partial charge in [0.15, 0.2) is 12.6 Å². The van der Waals surface area contributed by atoms with Crippen LogP contribution in [0.25, 0.3) is 0 Å². The van der Waals surface area contributed by atoms with Crippen molar-refractivity contribution < 1.29 is 34.3 Å². The van der Waals surface area contributed by atoms with Gasteiger partial charge in [0.2, 0.25) is 0 Å². The molecule has 0 aromatic rings. The average molecular weight is 911 g/mol. The van der Waals surface area contributed by atoms with Crippen molar-refractivity contribution in [2.24, 2.45) is 5.41 Å². The molecule has 2 heterocycles. The smallest absolute Gasteiger partial charge is 0.185 e. The van der Waals surface area contributed by atoms with Crippen molar-refractivity contribution in [3.05, 3.63) is 0 Å². The number of ether oxygens (including phenoxy) is 4. The van der Waals surface area contributed by atoms with Crippen LogP contribution in [0.15, 0.2) is 0 Å². The molecule has 11 heteroatoms. The third kappa shape index (κ3) is 13.2. The lowest BCUT2D eigenvalue weighted by Gasteiger charge is -2.62. The molecule has 0 aromatic carbocycles. The van der Waals surface area contributed by atoms with E-state index in [2.05, 4.69) is 207 Å². The van der Waals surface area contributed by atoms with Crippen LogP contribution in [0.1, 0.15) is 213 Å². The third-order valence-corrected chi connectivity index (χ3v) is 13.6. The fourth-order valence-electron chi connectivity index (χ4n) is 13.5. The minimum absolute atomic E-state index is 0.0522. The van der Waals surface area contributed by atoms with E-state index in [-0.39, 0.29) is 69.5 Å². The lowest BCUT2D eigenvalue weighted by Crippen LogP contribution is -2.76. The Morgan fingerprint density at radius 3 is 1.11 bits per heavy atom. The predicted molar refractivity (Wildman–Crippen MR) is 265 cm³/mol. The maximum Gasteiger partial charge on any atom is 0.185 e. The number of hydrogen-bond donors (Lipinski definition) is 3. The zero-order chi connectivity index (χ0) is 50.3. The van der Waals surface area contributed by atoms with Gasteiger partial charge in [-0.2, -0.15) is 0 Å². The second-order valence-corrected chi connectivity index (χ2v) is 29.4. The highest BCUT2D eigenvalue weighted by Crippen LogP contribution is 2.47. The molecular formula is C53H106N4O7. The normalized spacial score (nSPS) is 34.1. The lowest BCUT2D eigenvalue weighted by atomic mass is 9.75. The molecule has 0 radical (unpaired) electrons.